The molecule has 0 bridgehead atoms. The summed E-state index contributed by atoms with van der Waals surface area (Å²) in [5.74, 6) is 4.03. The number of alkyl halides is 1. The quantitative estimate of drug-likeness (QED) is 0.435. The van der Waals surface area contributed by atoms with Crippen molar-refractivity contribution < 1.29 is 24.4 Å². The number of nitrogens with one attached hydrogen (secondary N) is 1. The Morgan fingerprint density at radius 1 is 1.64 bits per heavy atom. The molecule has 1 unspecified atom stereocenters. The fraction of sp³-hybridized carbons (Fsp3) is 0.583. The van der Waals surface area contributed by atoms with E-state index in [1.807, 2.05) is 10.9 Å². The van der Waals surface area contributed by atoms with E-state index in [2.05, 4.69) is 11.0 Å². The van der Waals surface area contributed by atoms with Crippen molar-refractivity contribution in [2.24, 2.45) is 0 Å². The van der Waals surface area contributed by atoms with Gasteiger partial charge in [0.15, 0.2) is 6.23 Å². The van der Waals surface area contributed by atoms with Crippen molar-refractivity contribution >= 4 is 0 Å². The summed E-state index contributed by atoms with van der Waals surface area (Å²) in [6.45, 7) is 0.192. The molecule has 0 aliphatic carbocycles. The number of aliphatic hydroxyl groups is 3. The molecule has 120 valence electrons. The molecule has 1 saturated heterocycles. The average molecular weight is 315 g/mol. The predicted octanol–water partition coefficient (Wildman–Crippen LogP) is -2.73. The zero-order chi connectivity index (χ0) is 16.5. The number of H-pyrrole nitrogens is 1. The lowest BCUT2D eigenvalue weighted by atomic mass is 9.93. The van der Waals surface area contributed by atoms with Crippen LogP contribution in [-0.4, -0.2) is 60.7 Å². The number of rotatable bonds is 2. The third kappa shape index (κ3) is 2.67. The number of ether oxygens (including phenoxy) is 1. The molecular weight excluding hydrogens is 301 g/mol. The predicted molar refractivity (Wildman–Crippen MR) is 69.4 cm³/mol. The first kappa shape index (κ1) is 16.3. The van der Waals surface area contributed by atoms with Crippen LogP contribution in [0.25, 0.3) is 0 Å². The molecule has 4 N–H and O–H groups in total. The number of nitrogens with zero attached hydrogens (tertiary/aromatic N) is 2. The van der Waals surface area contributed by atoms with E-state index in [0.29, 0.717) is 4.68 Å². The van der Waals surface area contributed by atoms with E-state index in [9.17, 15) is 29.3 Å². The van der Waals surface area contributed by atoms with Gasteiger partial charge in [-0.05, 0) is 6.92 Å². The van der Waals surface area contributed by atoms with Crippen molar-refractivity contribution in [2.75, 3.05) is 6.67 Å². The number of hydrogen-bond acceptors (Lipinski definition) is 7. The Morgan fingerprint density at radius 2 is 2.32 bits per heavy atom. The van der Waals surface area contributed by atoms with E-state index in [4.69, 9.17) is 4.74 Å². The molecule has 0 saturated carbocycles. The SMILES string of the molecule is C[C@H](O)[C@H]1O[C@@H](n2ncc(=O)[nH]c2=O)C(O)(C#CCF)[C@H]1O. The minimum Gasteiger partial charge on any atom is -0.391 e. The van der Waals surface area contributed by atoms with Gasteiger partial charge in [-0.2, -0.15) is 9.78 Å². The summed E-state index contributed by atoms with van der Waals surface area (Å²) < 4.78 is 18.1. The second-order valence-electron chi connectivity index (χ2n) is 4.78. The molecule has 0 spiro atoms. The topological polar surface area (TPSA) is 138 Å². The molecule has 5 atom stereocenters. The van der Waals surface area contributed by atoms with Crippen LogP contribution in [0.5, 0.6) is 0 Å². The van der Waals surface area contributed by atoms with Crippen LogP contribution in [0.2, 0.25) is 0 Å². The molecule has 0 aromatic carbocycles. The Kier molecular flexibility index (Phi) is 4.43. The molecule has 1 aliphatic heterocycles. The van der Waals surface area contributed by atoms with E-state index >= 15 is 0 Å². The largest absolute Gasteiger partial charge is 0.391 e. The first-order valence-corrected chi connectivity index (χ1v) is 6.29. The highest BCUT2D eigenvalue weighted by Gasteiger charge is 2.57. The highest BCUT2D eigenvalue weighted by molar-refractivity contribution is 5.23. The lowest BCUT2D eigenvalue weighted by Gasteiger charge is -2.25. The molecule has 1 aliphatic rings. The van der Waals surface area contributed by atoms with Gasteiger partial charge in [-0.25, -0.2) is 9.18 Å². The van der Waals surface area contributed by atoms with Gasteiger partial charge in [0.1, 0.15) is 25.1 Å². The summed E-state index contributed by atoms with van der Waals surface area (Å²) in [6, 6.07) is 0. The third-order valence-corrected chi connectivity index (χ3v) is 3.22. The molecule has 1 aromatic rings. The van der Waals surface area contributed by atoms with Gasteiger partial charge in [-0.3, -0.25) is 9.78 Å². The van der Waals surface area contributed by atoms with Crippen molar-refractivity contribution in [1.82, 2.24) is 14.8 Å². The number of halogens is 1. The smallest absolute Gasteiger partial charge is 0.347 e. The van der Waals surface area contributed by atoms with Gasteiger partial charge in [0, 0.05) is 0 Å². The number of hydrogen-bond donors (Lipinski definition) is 4. The summed E-state index contributed by atoms with van der Waals surface area (Å²) >= 11 is 0. The van der Waals surface area contributed by atoms with Crippen LogP contribution in [0.15, 0.2) is 15.8 Å². The van der Waals surface area contributed by atoms with Crippen LogP contribution < -0.4 is 11.2 Å². The molecule has 0 amide bonds. The van der Waals surface area contributed by atoms with Gasteiger partial charge in [0.25, 0.3) is 5.56 Å². The Balaban J connectivity index is 2.55. The summed E-state index contributed by atoms with van der Waals surface area (Å²) in [6.07, 6.45) is -5.10. The monoisotopic (exact) mass is 315 g/mol. The number of aromatic nitrogens is 3. The second kappa shape index (κ2) is 5.98. The number of aliphatic hydroxyl groups excluding tert-OH is 2. The van der Waals surface area contributed by atoms with E-state index < -0.39 is 48.1 Å². The van der Waals surface area contributed by atoms with Gasteiger partial charge >= 0.3 is 5.69 Å². The maximum atomic E-state index is 12.3. The fourth-order valence-corrected chi connectivity index (χ4v) is 2.18. The highest BCUT2D eigenvalue weighted by atomic mass is 19.1. The molecule has 0 radical (unpaired) electrons. The van der Waals surface area contributed by atoms with Gasteiger partial charge in [0.05, 0.1) is 6.10 Å². The molecule has 1 aromatic heterocycles. The Bertz CT molecular complexity index is 720. The van der Waals surface area contributed by atoms with E-state index in [0.717, 1.165) is 6.20 Å². The molecule has 22 heavy (non-hydrogen) atoms. The normalized spacial score (nSPS) is 32.3. The van der Waals surface area contributed by atoms with Crippen LogP contribution >= 0.6 is 0 Å². The molecular formula is C12H14FN3O6. The second-order valence-corrected chi connectivity index (χ2v) is 4.78. The van der Waals surface area contributed by atoms with Crippen molar-refractivity contribution in [1.29, 1.82) is 0 Å². The Labute approximate surface area is 123 Å². The maximum Gasteiger partial charge on any atom is 0.347 e. The van der Waals surface area contributed by atoms with E-state index in [-0.39, 0.29) is 0 Å². The number of aromatic amines is 1. The average Bonchev–Trinajstić information content (AvgIpc) is 2.70. The lowest BCUT2D eigenvalue weighted by molar-refractivity contribution is -0.0947. The standard InChI is InChI=1S/C12H14FN3O6/c1-6(17)8-9(19)12(21,3-2-4-13)10(22-8)16-11(20)15-7(18)5-14-16/h5-6,8-10,17,19,21H,4H2,1H3,(H,15,18,20)/t6-,8+,9-,10+,12?/m0/s1. The fourth-order valence-electron chi connectivity index (χ4n) is 2.18. The van der Waals surface area contributed by atoms with Gasteiger partial charge in [0.2, 0.25) is 5.60 Å². The summed E-state index contributed by atoms with van der Waals surface area (Å²) in [5.41, 5.74) is -4.18. The van der Waals surface area contributed by atoms with Crippen LogP contribution in [-0.2, 0) is 4.74 Å². The van der Waals surface area contributed by atoms with Crippen molar-refractivity contribution in [3.05, 3.63) is 27.0 Å². The van der Waals surface area contributed by atoms with E-state index in [1.54, 1.807) is 0 Å². The lowest BCUT2D eigenvalue weighted by Crippen LogP contribution is -2.49. The minimum atomic E-state index is -2.39. The van der Waals surface area contributed by atoms with Crippen LogP contribution in [0.1, 0.15) is 13.2 Å². The van der Waals surface area contributed by atoms with Crippen LogP contribution in [0.3, 0.4) is 0 Å². The van der Waals surface area contributed by atoms with Gasteiger partial charge in [-0.1, -0.05) is 11.8 Å². The Morgan fingerprint density at radius 3 is 2.86 bits per heavy atom. The molecule has 10 heteroatoms. The van der Waals surface area contributed by atoms with Gasteiger partial charge < -0.3 is 20.1 Å². The molecule has 9 nitrogen and oxygen atoms in total. The maximum absolute atomic E-state index is 12.3. The third-order valence-electron chi connectivity index (χ3n) is 3.22. The van der Waals surface area contributed by atoms with Crippen molar-refractivity contribution in [3.63, 3.8) is 0 Å². The molecule has 2 rings (SSSR count). The minimum absolute atomic E-state index is 0.555. The first-order chi connectivity index (χ1) is 10.3. The summed E-state index contributed by atoms with van der Waals surface area (Å²) in [5, 5.41) is 33.7. The highest BCUT2D eigenvalue weighted by Crippen LogP contribution is 2.38. The summed E-state index contributed by atoms with van der Waals surface area (Å²) in [7, 11) is 0. The zero-order valence-corrected chi connectivity index (χ0v) is 11.4. The first-order valence-electron chi connectivity index (χ1n) is 6.29. The molecule has 1 fully saturated rings. The van der Waals surface area contributed by atoms with E-state index in [1.165, 1.54) is 6.92 Å². The van der Waals surface area contributed by atoms with Crippen LogP contribution in [0, 0.1) is 11.8 Å². The zero-order valence-electron chi connectivity index (χ0n) is 11.4. The van der Waals surface area contributed by atoms with Crippen molar-refractivity contribution in [3.8, 4) is 11.8 Å². The Hall–Kier alpha value is -2.06. The summed E-state index contributed by atoms with van der Waals surface area (Å²) in [4.78, 5) is 24.7. The van der Waals surface area contributed by atoms with Gasteiger partial charge in [-0.15, -0.1) is 0 Å². The molecule has 2 heterocycles. The van der Waals surface area contributed by atoms with Crippen LogP contribution in [0.4, 0.5) is 4.39 Å². The van der Waals surface area contributed by atoms with Crippen molar-refractivity contribution in [2.45, 2.75) is 37.1 Å².